The minimum absolute atomic E-state index is 0.651. The molecule has 0 aliphatic heterocycles. The number of nitrogens with zero attached hydrogens (tertiary/aromatic N) is 1. The molecule has 17 heavy (non-hydrogen) atoms. The fourth-order valence-electron chi connectivity index (χ4n) is 1.80. The maximum Gasteiger partial charge on any atom is 0.0746 e. The Morgan fingerprint density at radius 3 is 2.94 bits per heavy atom. The van der Waals surface area contributed by atoms with Gasteiger partial charge in [0.2, 0.25) is 0 Å². The lowest BCUT2D eigenvalue weighted by Crippen LogP contribution is -2.22. The van der Waals surface area contributed by atoms with Crippen LogP contribution in [0, 0.1) is 0 Å². The van der Waals surface area contributed by atoms with Gasteiger partial charge >= 0.3 is 0 Å². The summed E-state index contributed by atoms with van der Waals surface area (Å²) in [5, 5.41) is 5.35. The molecule has 0 aliphatic carbocycles. The Morgan fingerprint density at radius 2 is 2.12 bits per heavy atom. The molecule has 0 fully saturated rings. The van der Waals surface area contributed by atoms with Crippen LogP contribution in [-0.2, 0) is 6.54 Å². The van der Waals surface area contributed by atoms with E-state index in [9.17, 15) is 0 Å². The number of para-hydroxylation sites is 1. The topological polar surface area (TPSA) is 24.9 Å². The summed E-state index contributed by atoms with van der Waals surface area (Å²) in [6, 6.07) is 10.4. The second-order valence-electron chi connectivity index (χ2n) is 4.17. The number of pyridine rings is 1. The number of benzene rings is 1. The highest BCUT2D eigenvalue weighted by atomic mass is 32.2. The number of hydrogen-bond acceptors (Lipinski definition) is 3. The molecule has 90 valence electrons. The van der Waals surface area contributed by atoms with Crippen LogP contribution in [0.15, 0.2) is 36.5 Å². The second kappa shape index (κ2) is 6.03. The number of fused-ring (bicyclic) bond motifs is 1. The number of hydrogen-bond donors (Lipinski definition) is 1. The molecule has 1 atom stereocenters. The van der Waals surface area contributed by atoms with Crippen LogP contribution < -0.4 is 5.32 Å². The standard InChI is InChI=1S/C14H18N2S/c1-11(17-2)9-15-10-13-6-3-5-12-7-4-8-16-14(12)13/h3-8,11,15H,9-10H2,1-2H3. The highest BCUT2D eigenvalue weighted by Gasteiger charge is 2.02. The van der Waals surface area contributed by atoms with Gasteiger partial charge in [0, 0.05) is 29.9 Å². The predicted molar refractivity (Wildman–Crippen MR) is 76.4 cm³/mol. The molecule has 1 aromatic heterocycles. The van der Waals surface area contributed by atoms with Gasteiger partial charge in [0.05, 0.1) is 5.52 Å². The van der Waals surface area contributed by atoms with Crippen LogP contribution in [0.5, 0.6) is 0 Å². The van der Waals surface area contributed by atoms with E-state index in [1.54, 1.807) is 0 Å². The highest BCUT2D eigenvalue weighted by molar-refractivity contribution is 7.99. The first-order chi connectivity index (χ1) is 8.31. The van der Waals surface area contributed by atoms with Gasteiger partial charge in [-0.05, 0) is 17.9 Å². The lowest BCUT2D eigenvalue weighted by molar-refractivity contribution is 0.686. The first-order valence-electron chi connectivity index (χ1n) is 5.87. The molecule has 0 saturated carbocycles. The molecular formula is C14H18N2S. The molecule has 0 saturated heterocycles. The third-order valence-electron chi connectivity index (χ3n) is 2.87. The summed E-state index contributed by atoms with van der Waals surface area (Å²) in [5.74, 6) is 0. The Morgan fingerprint density at radius 1 is 1.29 bits per heavy atom. The van der Waals surface area contributed by atoms with Crippen molar-refractivity contribution in [2.24, 2.45) is 0 Å². The van der Waals surface area contributed by atoms with Crippen molar-refractivity contribution < 1.29 is 0 Å². The molecule has 1 N–H and O–H groups in total. The van der Waals surface area contributed by atoms with Gasteiger partial charge in [-0.1, -0.05) is 31.2 Å². The van der Waals surface area contributed by atoms with E-state index in [4.69, 9.17) is 0 Å². The molecule has 2 nitrogen and oxygen atoms in total. The Bertz CT molecular complexity index is 479. The third-order valence-corrected chi connectivity index (χ3v) is 3.84. The lowest BCUT2D eigenvalue weighted by Gasteiger charge is -2.10. The summed E-state index contributed by atoms with van der Waals surface area (Å²) >= 11 is 1.89. The highest BCUT2D eigenvalue weighted by Crippen LogP contribution is 2.15. The van der Waals surface area contributed by atoms with Crippen LogP contribution >= 0.6 is 11.8 Å². The van der Waals surface area contributed by atoms with Crippen LogP contribution in [0.25, 0.3) is 10.9 Å². The molecule has 1 unspecified atom stereocenters. The van der Waals surface area contributed by atoms with Gasteiger partial charge in [-0.15, -0.1) is 0 Å². The molecule has 1 heterocycles. The SMILES string of the molecule is CSC(C)CNCc1cccc2cccnc12. The van der Waals surface area contributed by atoms with E-state index in [1.807, 2.05) is 24.0 Å². The first-order valence-corrected chi connectivity index (χ1v) is 7.16. The second-order valence-corrected chi connectivity index (χ2v) is 5.45. The van der Waals surface area contributed by atoms with Gasteiger partial charge in [-0.2, -0.15) is 11.8 Å². The van der Waals surface area contributed by atoms with Crippen molar-refractivity contribution in [3.8, 4) is 0 Å². The van der Waals surface area contributed by atoms with Crippen molar-refractivity contribution >= 4 is 22.7 Å². The van der Waals surface area contributed by atoms with Gasteiger partial charge in [0.1, 0.15) is 0 Å². The van der Waals surface area contributed by atoms with Crippen LogP contribution in [-0.4, -0.2) is 23.0 Å². The van der Waals surface area contributed by atoms with Crippen LogP contribution in [0.1, 0.15) is 12.5 Å². The van der Waals surface area contributed by atoms with Gasteiger partial charge in [0.25, 0.3) is 0 Å². The fraction of sp³-hybridized carbons (Fsp3) is 0.357. The summed E-state index contributed by atoms with van der Waals surface area (Å²) < 4.78 is 0. The van der Waals surface area contributed by atoms with Crippen molar-refractivity contribution in [2.45, 2.75) is 18.7 Å². The number of rotatable bonds is 5. The van der Waals surface area contributed by atoms with E-state index in [1.165, 1.54) is 10.9 Å². The monoisotopic (exact) mass is 246 g/mol. The van der Waals surface area contributed by atoms with Crippen LogP contribution in [0.4, 0.5) is 0 Å². The van der Waals surface area contributed by atoms with E-state index in [0.29, 0.717) is 5.25 Å². The van der Waals surface area contributed by atoms with E-state index in [-0.39, 0.29) is 0 Å². The Hall–Kier alpha value is -1.06. The van der Waals surface area contributed by atoms with E-state index in [0.717, 1.165) is 18.6 Å². The predicted octanol–water partition coefficient (Wildman–Crippen LogP) is 3.08. The van der Waals surface area contributed by atoms with Crippen molar-refractivity contribution in [2.75, 3.05) is 12.8 Å². The molecule has 1 aromatic carbocycles. The molecular weight excluding hydrogens is 228 g/mol. The average molecular weight is 246 g/mol. The van der Waals surface area contributed by atoms with Gasteiger partial charge in [-0.3, -0.25) is 4.98 Å². The normalized spacial score (nSPS) is 12.8. The summed E-state index contributed by atoms with van der Waals surface area (Å²) in [5.41, 5.74) is 2.38. The molecule has 0 radical (unpaired) electrons. The minimum atomic E-state index is 0.651. The molecule has 0 aliphatic rings. The fourth-order valence-corrected chi connectivity index (χ4v) is 2.09. The molecule has 3 heteroatoms. The van der Waals surface area contributed by atoms with Gasteiger partial charge < -0.3 is 5.32 Å². The summed E-state index contributed by atoms with van der Waals surface area (Å²) in [6.45, 7) is 4.16. The maximum absolute atomic E-state index is 4.45. The third kappa shape index (κ3) is 3.20. The molecule has 2 rings (SSSR count). The zero-order valence-electron chi connectivity index (χ0n) is 10.3. The van der Waals surface area contributed by atoms with E-state index >= 15 is 0 Å². The van der Waals surface area contributed by atoms with Crippen molar-refractivity contribution in [3.63, 3.8) is 0 Å². The number of thioether (sulfide) groups is 1. The summed E-state index contributed by atoms with van der Waals surface area (Å²) in [4.78, 5) is 4.45. The average Bonchev–Trinajstić information content (AvgIpc) is 2.39. The Balaban J connectivity index is 2.08. The number of aromatic nitrogens is 1. The van der Waals surface area contributed by atoms with E-state index < -0.39 is 0 Å². The number of nitrogens with one attached hydrogen (secondary N) is 1. The zero-order valence-corrected chi connectivity index (χ0v) is 11.1. The molecule has 2 aromatic rings. The van der Waals surface area contributed by atoms with Crippen molar-refractivity contribution in [3.05, 3.63) is 42.1 Å². The quantitative estimate of drug-likeness (QED) is 0.877. The van der Waals surface area contributed by atoms with Crippen molar-refractivity contribution in [1.29, 1.82) is 0 Å². The molecule has 0 bridgehead atoms. The maximum atomic E-state index is 4.45. The Labute approximate surface area is 107 Å². The van der Waals surface area contributed by atoms with Crippen molar-refractivity contribution in [1.82, 2.24) is 10.3 Å². The van der Waals surface area contributed by atoms with Gasteiger partial charge in [-0.25, -0.2) is 0 Å². The van der Waals surface area contributed by atoms with Crippen LogP contribution in [0.3, 0.4) is 0 Å². The first kappa shape index (κ1) is 12.4. The lowest BCUT2D eigenvalue weighted by atomic mass is 10.1. The Kier molecular flexibility index (Phi) is 4.40. The minimum Gasteiger partial charge on any atom is -0.312 e. The smallest absolute Gasteiger partial charge is 0.0746 e. The van der Waals surface area contributed by atoms with Crippen LogP contribution in [0.2, 0.25) is 0 Å². The zero-order chi connectivity index (χ0) is 12.1. The van der Waals surface area contributed by atoms with Gasteiger partial charge in [0.15, 0.2) is 0 Å². The largest absolute Gasteiger partial charge is 0.312 e. The molecule has 0 amide bonds. The van der Waals surface area contributed by atoms with E-state index in [2.05, 4.69) is 47.7 Å². The summed E-state index contributed by atoms with van der Waals surface area (Å²) in [6.07, 6.45) is 4.00. The molecule has 0 spiro atoms. The summed E-state index contributed by atoms with van der Waals surface area (Å²) in [7, 11) is 0.